The fraction of sp³-hybridized carbons (Fsp3) is 0.250. The van der Waals surface area contributed by atoms with Gasteiger partial charge in [0.1, 0.15) is 0 Å². The summed E-state index contributed by atoms with van der Waals surface area (Å²) in [6.07, 6.45) is 3.00. The SMILES string of the molecule is Cc1ccc(S(=O)(=O)Nc2cnn(C)c2)cc1CO. The van der Waals surface area contributed by atoms with E-state index < -0.39 is 10.0 Å². The van der Waals surface area contributed by atoms with Crippen molar-refractivity contribution in [2.24, 2.45) is 7.05 Å². The van der Waals surface area contributed by atoms with E-state index in [0.29, 0.717) is 11.3 Å². The highest BCUT2D eigenvalue weighted by atomic mass is 32.2. The highest BCUT2D eigenvalue weighted by Gasteiger charge is 2.16. The van der Waals surface area contributed by atoms with Crippen molar-refractivity contribution < 1.29 is 13.5 Å². The predicted molar refractivity (Wildman–Crippen MR) is 71.1 cm³/mol. The smallest absolute Gasteiger partial charge is 0.262 e. The van der Waals surface area contributed by atoms with E-state index in [-0.39, 0.29) is 11.5 Å². The zero-order chi connectivity index (χ0) is 14.0. The Labute approximate surface area is 111 Å². The Hall–Kier alpha value is -1.86. The quantitative estimate of drug-likeness (QED) is 0.876. The van der Waals surface area contributed by atoms with Gasteiger partial charge in [-0.15, -0.1) is 0 Å². The second kappa shape index (κ2) is 5.02. The monoisotopic (exact) mass is 281 g/mol. The summed E-state index contributed by atoms with van der Waals surface area (Å²) in [6.45, 7) is 1.62. The fourth-order valence-electron chi connectivity index (χ4n) is 1.67. The summed E-state index contributed by atoms with van der Waals surface area (Å²) >= 11 is 0. The number of sulfonamides is 1. The lowest BCUT2D eigenvalue weighted by Crippen LogP contribution is -2.13. The molecule has 0 aliphatic rings. The summed E-state index contributed by atoms with van der Waals surface area (Å²) in [7, 11) is -1.96. The number of aliphatic hydroxyl groups is 1. The average Bonchev–Trinajstić information content (AvgIpc) is 2.74. The number of nitrogens with one attached hydrogen (secondary N) is 1. The highest BCUT2D eigenvalue weighted by molar-refractivity contribution is 7.92. The lowest BCUT2D eigenvalue weighted by Gasteiger charge is -2.08. The van der Waals surface area contributed by atoms with Gasteiger partial charge in [-0.1, -0.05) is 6.07 Å². The van der Waals surface area contributed by atoms with E-state index >= 15 is 0 Å². The van der Waals surface area contributed by atoms with Crippen LogP contribution in [0.2, 0.25) is 0 Å². The first-order valence-electron chi connectivity index (χ1n) is 5.64. The van der Waals surface area contributed by atoms with Gasteiger partial charge in [-0.05, 0) is 30.2 Å². The van der Waals surface area contributed by atoms with Gasteiger partial charge in [0.05, 0.1) is 23.4 Å². The van der Waals surface area contributed by atoms with Gasteiger partial charge >= 0.3 is 0 Å². The third kappa shape index (κ3) is 2.94. The van der Waals surface area contributed by atoms with Crippen LogP contribution in [0.4, 0.5) is 5.69 Å². The Balaban J connectivity index is 2.34. The zero-order valence-corrected chi connectivity index (χ0v) is 11.5. The van der Waals surface area contributed by atoms with Crippen LogP contribution in [0.1, 0.15) is 11.1 Å². The highest BCUT2D eigenvalue weighted by Crippen LogP contribution is 2.18. The van der Waals surface area contributed by atoms with E-state index in [9.17, 15) is 13.5 Å². The molecule has 2 N–H and O–H groups in total. The molecule has 2 aromatic rings. The maximum Gasteiger partial charge on any atom is 0.262 e. The molecule has 6 nitrogen and oxygen atoms in total. The van der Waals surface area contributed by atoms with E-state index in [0.717, 1.165) is 5.56 Å². The van der Waals surface area contributed by atoms with E-state index in [1.54, 1.807) is 19.3 Å². The third-order valence-corrected chi connectivity index (χ3v) is 4.14. The van der Waals surface area contributed by atoms with Crippen molar-refractivity contribution in [2.45, 2.75) is 18.4 Å². The molecule has 1 heterocycles. The van der Waals surface area contributed by atoms with Crippen LogP contribution in [-0.4, -0.2) is 23.3 Å². The maximum atomic E-state index is 12.2. The van der Waals surface area contributed by atoms with E-state index in [2.05, 4.69) is 9.82 Å². The molecule has 0 fully saturated rings. The largest absolute Gasteiger partial charge is 0.392 e. The van der Waals surface area contributed by atoms with Gasteiger partial charge in [-0.3, -0.25) is 9.40 Å². The van der Waals surface area contributed by atoms with Gasteiger partial charge in [0, 0.05) is 13.2 Å². The summed E-state index contributed by atoms with van der Waals surface area (Å²) < 4.78 is 28.3. The first kappa shape index (κ1) is 13.6. The normalized spacial score (nSPS) is 11.5. The fourth-order valence-corrected chi connectivity index (χ4v) is 2.75. The Bertz CT molecular complexity index is 692. The van der Waals surface area contributed by atoms with Crippen molar-refractivity contribution in [2.75, 3.05) is 4.72 Å². The molecule has 2 rings (SSSR count). The van der Waals surface area contributed by atoms with Gasteiger partial charge in [-0.2, -0.15) is 5.10 Å². The van der Waals surface area contributed by atoms with Crippen molar-refractivity contribution in [3.05, 3.63) is 41.7 Å². The molecule has 0 bridgehead atoms. The number of hydrogen-bond donors (Lipinski definition) is 2. The number of aryl methyl sites for hydroxylation is 2. The molecule has 0 aliphatic heterocycles. The lowest BCUT2D eigenvalue weighted by molar-refractivity contribution is 0.281. The molecule has 1 aromatic heterocycles. The van der Waals surface area contributed by atoms with Gasteiger partial charge in [0.25, 0.3) is 10.0 Å². The first-order chi connectivity index (χ1) is 8.92. The Morgan fingerprint density at radius 2 is 2.16 bits per heavy atom. The standard InChI is InChI=1S/C12H15N3O3S/c1-9-3-4-12(5-10(9)8-16)19(17,18)14-11-6-13-15(2)7-11/h3-7,14,16H,8H2,1-2H3. The van der Waals surface area contributed by atoms with Crippen LogP contribution in [-0.2, 0) is 23.7 Å². The zero-order valence-electron chi connectivity index (χ0n) is 10.7. The van der Waals surface area contributed by atoms with Crippen LogP contribution in [0.3, 0.4) is 0 Å². The van der Waals surface area contributed by atoms with E-state index in [1.165, 1.54) is 23.0 Å². The second-order valence-electron chi connectivity index (χ2n) is 4.25. The van der Waals surface area contributed by atoms with Crippen molar-refractivity contribution in [3.8, 4) is 0 Å². The number of aliphatic hydroxyl groups excluding tert-OH is 1. The summed E-state index contributed by atoms with van der Waals surface area (Å²) in [4.78, 5) is 0.117. The first-order valence-corrected chi connectivity index (χ1v) is 7.12. The minimum atomic E-state index is -3.66. The van der Waals surface area contributed by atoms with E-state index in [4.69, 9.17) is 0 Å². The molecule has 0 saturated heterocycles. The van der Waals surface area contributed by atoms with Gasteiger partial charge in [0.15, 0.2) is 0 Å². The van der Waals surface area contributed by atoms with Crippen LogP contribution >= 0.6 is 0 Å². The lowest BCUT2D eigenvalue weighted by atomic mass is 10.1. The van der Waals surface area contributed by atoms with Crippen LogP contribution in [0, 0.1) is 6.92 Å². The minimum Gasteiger partial charge on any atom is -0.392 e. The molecule has 0 unspecified atom stereocenters. The predicted octanol–water partition coefficient (Wildman–Crippen LogP) is 1.02. The molecule has 0 radical (unpaired) electrons. The van der Waals surface area contributed by atoms with Crippen LogP contribution in [0.5, 0.6) is 0 Å². The number of aromatic nitrogens is 2. The van der Waals surface area contributed by atoms with Crippen LogP contribution in [0.15, 0.2) is 35.5 Å². The van der Waals surface area contributed by atoms with Gasteiger partial charge < -0.3 is 5.11 Å². The minimum absolute atomic E-state index is 0.117. The number of hydrogen-bond acceptors (Lipinski definition) is 4. The average molecular weight is 281 g/mol. The summed E-state index contributed by atoms with van der Waals surface area (Å²) in [6, 6.07) is 4.64. The maximum absolute atomic E-state index is 12.2. The Morgan fingerprint density at radius 1 is 1.42 bits per heavy atom. The number of nitrogens with zero attached hydrogens (tertiary/aromatic N) is 2. The number of rotatable bonds is 4. The third-order valence-electron chi connectivity index (χ3n) is 2.76. The van der Waals surface area contributed by atoms with Crippen LogP contribution in [0.25, 0.3) is 0 Å². The second-order valence-corrected chi connectivity index (χ2v) is 5.94. The van der Waals surface area contributed by atoms with Crippen molar-refractivity contribution in [3.63, 3.8) is 0 Å². The topological polar surface area (TPSA) is 84.2 Å². The van der Waals surface area contributed by atoms with Gasteiger partial charge in [-0.25, -0.2) is 8.42 Å². The molecule has 0 spiro atoms. The van der Waals surface area contributed by atoms with Crippen LogP contribution < -0.4 is 4.72 Å². The van der Waals surface area contributed by atoms with Crippen molar-refractivity contribution in [1.82, 2.24) is 9.78 Å². The number of anilines is 1. The summed E-state index contributed by atoms with van der Waals surface area (Å²) in [5.74, 6) is 0. The molecule has 0 aliphatic carbocycles. The number of benzene rings is 1. The molecule has 19 heavy (non-hydrogen) atoms. The Kier molecular flexibility index (Phi) is 3.59. The molecule has 102 valence electrons. The van der Waals surface area contributed by atoms with Crippen molar-refractivity contribution >= 4 is 15.7 Å². The molecule has 0 amide bonds. The Morgan fingerprint density at radius 3 is 2.74 bits per heavy atom. The van der Waals surface area contributed by atoms with E-state index in [1.807, 2.05) is 6.92 Å². The molecule has 7 heteroatoms. The summed E-state index contributed by atoms with van der Waals surface area (Å²) in [5, 5.41) is 13.1. The molecule has 0 atom stereocenters. The molecular weight excluding hydrogens is 266 g/mol. The van der Waals surface area contributed by atoms with Crippen molar-refractivity contribution in [1.29, 1.82) is 0 Å². The molecule has 0 saturated carbocycles. The molecule has 1 aromatic carbocycles. The summed E-state index contributed by atoms with van der Waals surface area (Å²) in [5.41, 5.74) is 1.84. The molecular formula is C12H15N3O3S. The van der Waals surface area contributed by atoms with Gasteiger partial charge in [0.2, 0.25) is 0 Å².